The molecule has 164 valence electrons. The van der Waals surface area contributed by atoms with Crippen LogP contribution in [0.3, 0.4) is 0 Å². The van der Waals surface area contributed by atoms with E-state index in [9.17, 15) is 14.7 Å². The van der Waals surface area contributed by atoms with Crippen LogP contribution in [-0.4, -0.2) is 24.1 Å². The maximum atomic E-state index is 12.4. The van der Waals surface area contributed by atoms with Gasteiger partial charge in [0.05, 0.1) is 12.1 Å². The number of hydrogen-bond donors (Lipinski definition) is 2. The monoisotopic (exact) mass is 563 g/mol. The fraction of sp³-hybridized carbons (Fsp3) is 0.0833. The highest BCUT2D eigenvalue weighted by atomic mass is 127. The number of carbonyl (C=O) groups excluding carboxylic acids is 1. The Hall–Kier alpha value is -3.04. The standard InChI is InChI=1S/C24H19ClINO5/c1-31-21-13-15(11-18(25)22(21)32-14-17-9-5-6-10-19(17)26)12-20(24(29)30)27-23(28)16-7-3-2-4-8-16/h2-13H,14H2,1H3,(H,27,28)(H,29,30). The zero-order chi connectivity index (χ0) is 23.1. The minimum Gasteiger partial charge on any atom is -0.493 e. The van der Waals surface area contributed by atoms with Crippen molar-refractivity contribution < 1.29 is 24.2 Å². The first kappa shape index (κ1) is 23.6. The number of aliphatic carboxylic acids is 1. The second kappa shape index (κ2) is 11.0. The number of amides is 1. The molecule has 2 N–H and O–H groups in total. The van der Waals surface area contributed by atoms with Crippen molar-refractivity contribution in [1.29, 1.82) is 0 Å². The first-order valence-electron chi connectivity index (χ1n) is 9.44. The summed E-state index contributed by atoms with van der Waals surface area (Å²) in [5.41, 5.74) is 1.46. The van der Waals surface area contributed by atoms with Gasteiger partial charge in [-0.3, -0.25) is 4.79 Å². The number of benzene rings is 3. The number of methoxy groups -OCH3 is 1. The first-order valence-corrected chi connectivity index (χ1v) is 10.9. The predicted octanol–water partition coefficient (Wildman–Crippen LogP) is 5.39. The summed E-state index contributed by atoms with van der Waals surface area (Å²) in [5.74, 6) is -1.14. The van der Waals surface area contributed by atoms with E-state index in [0.717, 1.165) is 9.13 Å². The number of hydrogen-bond acceptors (Lipinski definition) is 4. The highest BCUT2D eigenvalue weighted by Gasteiger charge is 2.16. The van der Waals surface area contributed by atoms with Gasteiger partial charge in [0.2, 0.25) is 0 Å². The van der Waals surface area contributed by atoms with Crippen LogP contribution in [-0.2, 0) is 11.4 Å². The Balaban J connectivity index is 1.85. The molecule has 0 saturated carbocycles. The Labute approximate surface area is 204 Å². The predicted molar refractivity (Wildman–Crippen MR) is 131 cm³/mol. The molecule has 1 amide bonds. The van der Waals surface area contributed by atoms with E-state index in [1.807, 2.05) is 24.3 Å². The van der Waals surface area contributed by atoms with Crippen LogP contribution in [0.1, 0.15) is 21.5 Å². The molecular weight excluding hydrogens is 545 g/mol. The average Bonchev–Trinajstić information content (AvgIpc) is 2.79. The van der Waals surface area contributed by atoms with E-state index in [4.69, 9.17) is 21.1 Å². The molecule has 0 bridgehead atoms. The summed E-state index contributed by atoms with van der Waals surface area (Å²) in [6.45, 7) is 0.290. The third-order valence-electron chi connectivity index (χ3n) is 4.41. The molecule has 0 atom stereocenters. The van der Waals surface area contributed by atoms with Gasteiger partial charge in [-0.25, -0.2) is 4.79 Å². The van der Waals surface area contributed by atoms with E-state index in [1.54, 1.807) is 42.5 Å². The minimum atomic E-state index is -1.29. The molecule has 0 aromatic heterocycles. The second-order valence-electron chi connectivity index (χ2n) is 6.60. The van der Waals surface area contributed by atoms with Gasteiger partial charge in [-0.2, -0.15) is 0 Å². The molecule has 0 radical (unpaired) electrons. The zero-order valence-corrected chi connectivity index (χ0v) is 19.9. The summed E-state index contributed by atoms with van der Waals surface area (Å²) >= 11 is 8.64. The second-order valence-corrected chi connectivity index (χ2v) is 8.17. The Morgan fingerprint density at radius 1 is 1.09 bits per heavy atom. The highest BCUT2D eigenvalue weighted by Crippen LogP contribution is 2.37. The van der Waals surface area contributed by atoms with E-state index >= 15 is 0 Å². The van der Waals surface area contributed by atoms with Crippen molar-refractivity contribution in [3.05, 3.63) is 97.7 Å². The van der Waals surface area contributed by atoms with Gasteiger partial charge in [-0.05, 0) is 64.6 Å². The molecule has 0 aliphatic heterocycles. The van der Waals surface area contributed by atoms with E-state index in [2.05, 4.69) is 27.9 Å². The van der Waals surface area contributed by atoms with Crippen LogP contribution in [0.2, 0.25) is 5.02 Å². The number of ether oxygens (including phenoxy) is 2. The van der Waals surface area contributed by atoms with E-state index in [1.165, 1.54) is 13.2 Å². The largest absolute Gasteiger partial charge is 0.493 e. The highest BCUT2D eigenvalue weighted by molar-refractivity contribution is 14.1. The fourth-order valence-corrected chi connectivity index (χ4v) is 3.65. The van der Waals surface area contributed by atoms with E-state index in [0.29, 0.717) is 22.6 Å². The molecule has 32 heavy (non-hydrogen) atoms. The molecule has 8 heteroatoms. The summed E-state index contributed by atoms with van der Waals surface area (Å²) in [7, 11) is 1.47. The van der Waals surface area contributed by atoms with Gasteiger partial charge in [0, 0.05) is 14.7 Å². The Kier molecular flexibility index (Phi) is 8.13. The fourth-order valence-electron chi connectivity index (χ4n) is 2.83. The molecule has 0 saturated heterocycles. The molecule has 0 fully saturated rings. The maximum absolute atomic E-state index is 12.4. The van der Waals surface area contributed by atoms with Gasteiger partial charge in [0.25, 0.3) is 5.91 Å². The van der Waals surface area contributed by atoms with Crippen molar-refractivity contribution >= 4 is 52.1 Å². The normalized spacial score (nSPS) is 11.0. The lowest BCUT2D eigenvalue weighted by atomic mass is 10.1. The van der Waals surface area contributed by atoms with Crippen molar-refractivity contribution in [3.63, 3.8) is 0 Å². The number of nitrogens with one attached hydrogen (secondary N) is 1. The molecule has 6 nitrogen and oxygen atoms in total. The van der Waals surface area contributed by atoms with Gasteiger partial charge < -0.3 is 19.9 Å². The third-order valence-corrected chi connectivity index (χ3v) is 5.74. The maximum Gasteiger partial charge on any atom is 0.352 e. The van der Waals surface area contributed by atoms with Crippen LogP contribution < -0.4 is 14.8 Å². The van der Waals surface area contributed by atoms with Crippen molar-refractivity contribution in [2.75, 3.05) is 7.11 Å². The van der Waals surface area contributed by atoms with Gasteiger partial charge >= 0.3 is 5.97 Å². The molecule has 0 unspecified atom stereocenters. The Bertz CT molecular complexity index is 1160. The Morgan fingerprint density at radius 3 is 2.44 bits per heavy atom. The number of carboxylic acid groups (broad SMARTS) is 1. The van der Waals surface area contributed by atoms with Gasteiger partial charge in [0.1, 0.15) is 12.3 Å². The lowest BCUT2D eigenvalue weighted by Gasteiger charge is -2.14. The molecule has 3 aromatic rings. The van der Waals surface area contributed by atoms with E-state index in [-0.39, 0.29) is 17.3 Å². The third kappa shape index (κ3) is 6.02. The molecule has 3 aromatic carbocycles. The van der Waals surface area contributed by atoms with Crippen LogP contribution in [0, 0.1) is 3.57 Å². The summed E-state index contributed by atoms with van der Waals surface area (Å²) in [6, 6.07) is 19.3. The molecule has 0 spiro atoms. The molecule has 0 aliphatic carbocycles. The molecular formula is C24H19ClINO5. The van der Waals surface area contributed by atoms with Gasteiger partial charge in [0.15, 0.2) is 11.5 Å². The van der Waals surface area contributed by atoms with Gasteiger partial charge in [-0.1, -0.05) is 48.0 Å². The minimum absolute atomic E-state index is 0.251. The van der Waals surface area contributed by atoms with E-state index < -0.39 is 11.9 Å². The summed E-state index contributed by atoms with van der Waals surface area (Å²) in [4.78, 5) is 24.1. The lowest BCUT2D eigenvalue weighted by molar-refractivity contribution is -0.132. The summed E-state index contributed by atoms with van der Waals surface area (Å²) < 4.78 is 12.3. The van der Waals surface area contributed by atoms with Crippen molar-refractivity contribution in [2.45, 2.75) is 6.61 Å². The van der Waals surface area contributed by atoms with Crippen molar-refractivity contribution in [3.8, 4) is 11.5 Å². The van der Waals surface area contributed by atoms with Crippen LogP contribution in [0.15, 0.2) is 72.4 Å². The molecule has 0 heterocycles. The lowest BCUT2D eigenvalue weighted by Crippen LogP contribution is -2.27. The van der Waals surface area contributed by atoms with Crippen LogP contribution in [0.25, 0.3) is 6.08 Å². The Morgan fingerprint density at radius 2 is 1.78 bits per heavy atom. The summed E-state index contributed by atoms with van der Waals surface area (Å²) in [6.07, 6.45) is 1.31. The first-order chi connectivity index (χ1) is 15.4. The molecule has 3 rings (SSSR count). The number of halogens is 2. The average molecular weight is 564 g/mol. The number of carbonyl (C=O) groups is 2. The summed E-state index contributed by atoms with van der Waals surface area (Å²) in [5, 5.41) is 12.2. The van der Waals surface area contributed by atoms with Crippen molar-refractivity contribution in [2.24, 2.45) is 0 Å². The van der Waals surface area contributed by atoms with Crippen LogP contribution >= 0.6 is 34.2 Å². The smallest absolute Gasteiger partial charge is 0.352 e. The number of rotatable bonds is 8. The SMILES string of the molecule is COc1cc(C=C(NC(=O)c2ccccc2)C(=O)O)cc(Cl)c1OCc1ccccc1I. The molecule has 0 aliphatic rings. The topological polar surface area (TPSA) is 84.9 Å². The van der Waals surface area contributed by atoms with Gasteiger partial charge in [-0.15, -0.1) is 0 Å². The van der Waals surface area contributed by atoms with Crippen LogP contribution in [0.5, 0.6) is 11.5 Å². The number of carboxylic acids is 1. The zero-order valence-electron chi connectivity index (χ0n) is 17.0. The van der Waals surface area contributed by atoms with Crippen molar-refractivity contribution in [1.82, 2.24) is 5.32 Å². The quantitative estimate of drug-likeness (QED) is 0.284. The van der Waals surface area contributed by atoms with Crippen LogP contribution in [0.4, 0.5) is 0 Å².